The maximum Gasteiger partial charge on any atom is 0.0178 e. The fourth-order valence-corrected chi connectivity index (χ4v) is 1.87. The highest BCUT2D eigenvalue weighted by Crippen LogP contribution is 2.24. The Morgan fingerprint density at radius 3 is 2.25 bits per heavy atom. The number of hydrogen-bond donors (Lipinski definition) is 1. The Morgan fingerprint density at radius 1 is 0.938 bits per heavy atom. The van der Waals surface area contributed by atoms with E-state index in [0.717, 1.165) is 0 Å². The first-order chi connectivity index (χ1) is 7.70. The lowest BCUT2D eigenvalue weighted by Crippen LogP contribution is -1.95. The molecule has 2 aromatic carbocycles. The number of nitrogens with two attached hydrogens (primary N) is 1. The molecular weight excluding hydrogens is 194 g/mol. The lowest BCUT2D eigenvalue weighted by molar-refractivity contribution is 1.07. The molecule has 2 aromatic rings. The smallest absolute Gasteiger partial charge is 0.0178 e. The van der Waals surface area contributed by atoms with Crippen LogP contribution in [0.4, 0.5) is 0 Å². The Balaban J connectivity index is 2.45. The molecule has 0 saturated heterocycles. The molecule has 0 unspecified atom stereocenters. The highest BCUT2D eigenvalue weighted by atomic mass is 14.5. The van der Waals surface area contributed by atoms with Gasteiger partial charge >= 0.3 is 0 Å². The van der Waals surface area contributed by atoms with Crippen LogP contribution in [0.25, 0.3) is 11.1 Å². The normalized spacial score (nSPS) is 10.4. The molecule has 0 fully saturated rings. The van der Waals surface area contributed by atoms with Crippen molar-refractivity contribution < 1.29 is 0 Å². The molecule has 0 amide bonds. The SMILES string of the molecule is Cc1ccc(C)c(-c2ccc(CN)cc2)c1. The third-order valence-corrected chi connectivity index (χ3v) is 2.89. The van der Waals surface area contributed by atoms with E-state index in [2.05, 4.69) is 56.3 Å². The average molecular weight is 211 g/mol. The van der Waals surface area contributed by atoms with E-state index in [1.165, 1.54) is 27.8 Å². The van der Waals surface area contributed by atoms with E-state index in [-0.39, 0.29) is 0 Å². The van der Waals surface area contributed by atoms with Crippen molar-refractivity contribution >= 4 is 0 Å². The van der Waals surface area contributed by atoms with Crippen LogP contribution in [0.5, 0.6) is 0 Å². The van der Waals surface area contributed by atoms with Gasteiger partial charge in [0.25, 0.3) is 0 Å². The van der Waals surface area contributed by atoms with Gasteiger partial charge < -0.3 is 5.73 Å². The second-order valence-electron chi connectivity index (χ2n) is 4.22. The molecule has 0 spiro atoms. The molecule has 2 N–H and O–H groups in total. The number of aryl methyl sites for hydroxylation is 2. The summed E-state index contributed by atoms with van der Waals surface area (Å²) < 4.78 is 0. The lowest BCUT2D eigenvalue weighted by Gasteiger charge is -2.08. The highest BCUT2D eigenvalue weighted by molar-refractivity contribution is 5.68. The summed E-state index contributed by atoms with van der Waals surface area (Å²) in [6, 6.07) is 15.0. The summed E-state index contributed by atoms with van der Waals surface area (Å²) in [5.74, 6) is 0. The molecule has 2 rings (SSSR count). The zero-order valence-electron chi connectivity index (χ0n) is 9.83. The summed E-state index contributed by atoms with van der Waals surface area (Å²) in [4.78, 5) is 0. The summed E-state index contributed by atoms with van der Waals surface area (Å²) in [6.07, 6.45) is 0. The number of hydrogen-bond acceptors (Lipinski definition) is 1. The van der Waals surface area contributed by atoms with E-state index in [4.69, 9.17) is 5.73 Å². The summed E-state index contributed by atoms with van der Waals surface area (Å²) >= 11 is 0. The molecule has 16 heavy (non-hydrogen) atoms. The van der Waals surface area contributed by atoms with Gasteiger partial charge in [-0.25, -0.2) is 0 Å². The second-order valence-corrected chi connectivity index (χ2v) is 4.22. The molecule has 0 atom stereocenters. The van der Waals surface area contributed by atoms with Crippen LogP contribution in [0.3, 0.4) is 0 Å². The first kappa shape index (κ1) is 10.9. The van der Waals surface area contributed by atoms with Gasteiger partial charge in [-0.15, -0.1) is 0 Å². The summed E-state index contributed by atoms with van der Waals surface area (Å²) in [5.41, 5.74) is 11.9. The van der Waals surface area contributed by atoms with Gasteiger partial charge in [-0.1, -0.05) is 48.0 Å². The van der Waals surface area contributed by atoms with E-state index < -0.39 is 0 Å². The number of benzene rings is 2. The minimum Gasteiger partial charge on any atom is -0.326 e. The Hall–Kier alpha value is -1.60. The van der Waals surface area contributed by atoms with Gasteiger partial charge in [0, 0.05) is 6.54 Å². The van der Waals surface area contributed by atoms with E-state index >= 15 is 0 Å². The molecule has 0 aliphatic heterocycles. The maximum absolute atomic E-state index is 5.59. The second kappa shape index (κ2) is 4.50. The van der Waals surface area contributed by atoms with Crippen molar-refractivity contribution in [2.45, 2.75) is 20.4 Å². The zero-order valence-corrected chi connectivity index (χ0v) is 9.83. The highest BCUT2D eigenvalue weighted by Gasteiger charge is 2.01. The van der Waals surface area contributed by atoms with Crippen LogP contribution in [-0.4, -0.2) is 0 Å². The van der Waals surface area contributed by atoms with Crippen molar-refractivity contribution in [1.82, 2.24) is 0 Å². The monoisotopic (exact) mass is 211 g/mol. The Labute approximate surface area is 96.9 Å². The van der Waals surface area contributed by atoms with Gasteiger partial charge in [0.05, 0.1) is 0 Å². The summed E-state index contributed by atoms with van der Waals surface area (Å²) in [7, 11) is 0. The van der Waals surface area contributed by atoms with Crippen molar-refractivity contribution in [3.63, 3.8) is 0 Å². The molecule has 1 nitrogen and oxygen atoms in total. The molecule has 0 aliphatic carbocycles. The van der Waals surface area contributed by atoms with Gasteiger partial charge in [0.1, 0.15) is 0 Å². The minimum absolute atomic E-state index is 0.604. The molecule has 1 heteroatoms. The van der Waals surface area contributed by atoms with Gasteiger partial charge in [0.15, 0.2) is 0 Å². The predicted octanol–water partition coefficient (Wildman–Crippen LogP) is 3.43. The van der Waals surface area contributed by atoms with Crippen LogP contribution >= 0.6 is 0 Å². The third kappa shape index (κ3) is 2.15. The van der Waals surface area contributed by atoms with Crippen molar-refractivity contribution in [1.29, 1.82) is 0 Å². The minimum atomic E-state index is 0.604. The van der Waals surface area contributed by atoms with E-state index in [0.29, 0.717) is 6.54 Å². The predicted molar refractivity (Wildman–Crippen MR) is 69.2 cm³/mol. The van der Waals surface area contributed by atoms with Crippen molar-refractivity contribution in [3.8, 4) is 11.1 Å². The zero-order chi connectivity index (χ0) is 11.5. The quantitative estimate of drug-likeness (QED) is 0.809. The molecule has 0 bridgehead atoms. The van der Waals surface area contributed by atoms with E-state index in [1.807, 2.05) is 0 Å². The van der Waals surface area contributed by atoms with Gasteiger partial charge in [-0.05, 0) is 36.1 Å². The summed E-state index contributed by atoms with van der Waals surface area (Å²) in [5, 5.41) is 0. The van der Waals surface area contributed by atoms with Gasteiger partial charge in [-0.2, -0.15) is 0 Å². The van der Waals surface area contributed by atoms with Crippen LogP contribution in [-0.2, 0) is 6.54 Å². The van der Waals surface area contributed by atoms with Crippen LogP contribution in [0.15, 0.2) is 42.5 Å². The molecule has 0 aliphatic rings. The van der Waals surface area contributed by atoms with Crippen molar-refractivity contribution in [3.05, 3.63) is 59.2 Å². The maximum atomic E-state index is 5.59. The summed E-state index contributed by atoms with van der Waals surface area (Å²) in [6.45, 7) is 4.87. The lowest BCUT2D eigenvalue weighted by atomic mass is 9.98. The molecule has 0 heterocycles. The van der Waals surface area contributed by atoms with Crippen LogP contribution < -0.4 is 5.73 Å². The van der Waals surface area contributed by atoms with E-state index in [9.17, 15) is 0 Å². The van der Waals surface area contributed by atoms with Crippen LogP contribution in [0.2, 0.25) is 0 Å². The average Bonchev–Trinajstić information content (AvgIpc) is 2.32. The Morgan fingerprint density at radius 2 is 1.62 bits per heavy atom. The fraction of sp³-hybridized carbons (Fsp3) is 0.200. The standard InChI is InChI=1S/C15H17N/c1-11-3-4-12(2)15(9-11)14-7-5-13(10-16)6-8-14/h3-9H,10,16H2,1-2H3. The van der Waals surface area contributed by atoms with Crippen molar-refractivity contribution in [2.75, 3.05) is 0 Å². The van der Waals surface area contributed by atoms with Gasteiger partial charge in [0.2, 0.25) is 0 Å². The van der Waals surface area contributed by atoms with Crippen LogP contribution in [0, 0.1) is 13.8 Å². The number of rotatable bonds is 2. The van der Waals surface area contributed by atoms with Gasteiger partial charge in [-0.3, -0.25) is 0 Å². The van der Waals surface area contributed by atoms with Crippen molar-refractivity contribution in [2.24, 2.45) is 5.73 Å². The third-order valence-electron chi connectivity index (χ3n) is 2.89. The molecule has 0 aromatic heterocycles. The molecule has 0 radical (unpaired) electrons. The van der Waals surface area contributed by atoms with E-state index in [1.54, 1.807) is 0 Å². The molecule has 0 saturated carbocycles. The molecular formula is C15H17N. The Bertz CT molecular complexity index is 483. The topological polar surface area (TPSA) is 26.0 Å². The Kier molecular flexibility index (Phi) is 3.07. The largest absolute Gasteiger partial charge is 0.326 e. The first-order valence-electron chi connectivity index (χ1n) is 5.57. The first-order valence-corrected chi connectivity index (χ1v) is 5.57. The van der Waals surface area contributed by atoms with Crippen LogP contribution in [0.1, 0.15) is 16.7 Å². The fourth-order valence-electron chi connectivity index (χ4n) is 1.87. The molecule has 82 valence electrons.